The summed E-state index contributed by atoms with van der Waals surface area (Å²) in [5, 5.41) is 4.70. The van der Waals surface area contributed by atoms with Gasteiger partial charge in [-0.3, -0.25) is 0 Å². The topological polar surface area (TPSA) is 24.9 Å². The molecule has 2 rings (SSSR count). The first kappa shape index (κ1) is 12.9. The van der Waals surface area contributed by atoms with E-state index in [4.69, 9.17) is 0 Å². The van der Waals surface area contributed by atoms with E-state index in [1.54, 1.807) is 11.3 Å². The Bertz CT molecular complexity index is 434. The summed E-state index contributed by atoms with van der Waals surface area (Å²) in [5.74, 6) is 2.36. The van der Waals surface area contributed by atoms with Crippen LogP contribution in [0.1, 0.15) is 18.9 Å². The molecule has 17 heavy (non-hydrogen) atoms. The van der Waals surface area contributed by atoms with Crippen LogP contribution in [-0.2, 0) is 6.54 Å². The minimum atomic E-state index is 0.548. The lowest BCUT2D eigenvalue weighted by Gasteiger charge is -2.11. The van der Waals surface area contributed by atoms with Crippen LogP contribution < -0.4 is 5.32 Å². The third kappa shape index (κ3) is 3.69. The molecule has 1 atom stereocenters. The lowest BCUT2D eigenvalue weighted by molar-refractivity contribution is 0.595. The first-order valence-electron chi connectivity index (χ1n) is 5.95. The number of nitrogens with zero attached hydrogens (tertiary/aromatic N) is 1. The summed E-state index contributed by atoms with van der Waals surface area (Å²) in [6.07, 6.45) is 0. The van der Waals surface area contributed by atoms with Crippen LogP contribution in [-0.4, -0.2) is 22.5 Å². The fraction of sp³-hybridized carbons (Fsp3) is 0.462. The summed E-state index contributed by atoms with van der Waals surface area (Å²) in [5.41, 5.74) is 1.12. The number of hydrogen-bond donors (Lipinski definition) is 1. The van der Waals surface area contributed by atoms with Crippen LogP contribution in [0.3, 0.4) is 0 Å². The highest BCUT2D eigenvalue weighted by molar-refractivity contribution is 7.99. The molecule has 1 aromatic heterocycles. The number of hydrogen-bond acceptors (Lipinski definition) is 4. The predicted octanol–water partition coefficient (Wildman–Crippen LogP) is 3.53. The Morgan fingerprint density at radius 1 is 1.41 bits per heavy atom. The molecule has 0 aliphatic carbocycles. The van der Waals surface area contributed by atoms with Gasteiger partial charge in [0.25, 0.3) is 0 Å². The highest BCUT2D eigenvalue weighted by atomic mass is 32.2. The van der Waals surface area contributed by atoms with Gasteiger partial charge >= 0.3 is 0 Å². The van der Waals surface area contributed by atoms with Crippen molar-refractivity contribution in [1.82, 2.24) is 10.3 Å². The van der Waals surface area contributed by atoms with E-state index >= 15 is 0 Å². The Hall–Kier alpha value is -0.580. The van der Waals surface area contributed by atoms with Crippen molar-refractivity contribution < 1.29 is 0 Å². The van der Waals surface area contributed by atoms with Gasteiger partial charge in [-0.05, 0) is 24.8 Å². The van der Waals surface area contributed by atoms with Crippen molar-refractivity contribution in [3.05, 3.63) is 29.3 Å². The van der Waals surface area contributed by atoms with Crippen LogP contribution in [0.25, 0.3) is 10.2 Å². The van der Waals surface area contributed by atoms with Gasteiger partial charge in [-0.1, -0.05) is 19.1 Å². The Morgan fingerprint density at radius 3 is 3.00 bits per heavy atom. The molecule has 0 aliphatic heterocycles. The number of thioether (sulfide) groups is 1. The second kappa shape index (κ2) is 6.38. The molecule has 0 aliphatic rings. The maximum atomic E-state index is 4.61. The van der Waals surface area contributed by atoms with Gasteiger partial charge in [0.1, 0.15) is 5.01 Å². The van der Waals surface area contributed by atoms with Gasteiger partial charge in [0.2, 0.25) is 0 Å². The zero-order valence-electron chi connectivity index (χ0n) is 10.3. The predicted molar refractivity (Wildman–Crippen MR) is 78.9 cm³/mol. The minimum absolute atomic E-state index is 0.548. The van der Waals surface area contributed by atoms with E-state index in [0.717, 1.165) is 12.1 Å². The van der Waals surface area contributed by atoms with Crippen LogP contribution in [0.15, 0.2) is 24.3 Å². The van der Waals surface area contributed by atoms with Gasteiger partial charge in [0.05, 0.1) is 10.2 Å². The highest BCUT2D eigenvalue weighted by Crippen LogP contribution is 2.21. The molecule has 0 amide bonds. The Labute approximate surface area is 111 Å². The molecule has 0 spiro atoms. The van der Waals surface area contributed by atoms with Crippen molar-refractivity contribution in [1.29, 1.82) is 0 Å². The van der Waals surface area contributed by atoms with E-state index in [9.17, 15) is 0 Å². The molecular formula is C13H18N2S2. The summed E-state index contributed by atoms with van der Waals surface area (Å²) >= 11 is 3.76. The largest absolute Gasteiger partial charge is 0.307 e. The molecule has 92 valence electrons. The maximum absolute atomic E-state index is 4.61. The normalized spacial score (nSPS) is 13.1. The van der Waals surface area contributed by atoms with Crippen molar-refractivity contribution in [3.8, 4) is 0 Å². The van der Waals surface area contributed by atoms with Crippen molar-refractivity contribution in [2.45, 2.75) is 26.4 Å². The van der Waals surface area contributed by atoms with Crippen LogP contribution in [0, 0.1) is 0 Å². The molecule has 1 aromatic carbocycles. The molecule has 0 fully saturated rings. The number of fused-ring (bicyclic) bond motifs is 1. The fourth-order valence-corrected chi connectivity index (χ4v) is 3.24. The van der Waals surface area contributed by atoms with Crippen molar-refractivity contribution >= 4 is 33.3 Å². The third-order valence-corrected chi connectivity index (χ3v) is 4.69. The average Bonchev–Trinajstić information content (AvgIpc) is 2.76. The number of nitrogens with one attached hydrogen (secondary N) is 1. The number of aromatic nitrogens is 1. The second-order valence-corrected chi connectivity index (χ2v) is 6.45. The number of para-hydroxylation sites is 1. The lowest BCUT2D eigenvalue weighted by atomic mass is 10.3. The second-order valence-electron chi connectivity index (χ2n) is 4.02. The minimum Gasteiger partial charge on any atom is -0.307 e. The lowest BCUT2D eigenvalue weighted by Crippen LogP contribution is -2.27. The summed E-state index contributed by atoms with van der Waals surface area (Å²) in [4.78, 5) is 4.61. The van der Waals surface area contributed by atoms with E-state index < -0.39 is 0 Å². The first-order valence-corrected chi connectivity index (χ1v) is 7.92. The smallest absolute Gasteiger partial charge is 0.108 e. The zero-order chi connectivity index (χ0) is 12.1. The van der Waals surface area contributed by atoms with Crippen molar-refractivity contribution in [3.63, 3.8) is 0 Å². The standard InChI is InChI=1S/C13H18N2S2/c1-3-16-9-10(2)14-8-13-15-11-6-4-5-7-12(11)17-13/h4-7,10,14H,3,8-9H2,1-2H3. The molecular weight excluding hydrogens is 248 g/mol. The first-order chi connectivity index (χ1) is 8.29. The van der Waals surface area contributed by atoms with Gasteiger partial charge in [-0.2, -0.15) is 11.8 Å². The van der Waals surface area contributed by atoms with Crippen LogP contribution >= 0.6 is 23.1 Å². The Kier molecular flexibility index (Phi) is 4.83. The van der Waals surface area contributed by atoms with Crippen LogP contribution in [0.4, 0.5) is 0 Å². The van der Waals surface area contributed by atoms with E-state index in [2.05, 4.69) is 42.3 Å². The number of rotatable bonds is 6. The molecule has 0 radical (unpaired) electrons. The van der Waals surface area contributed by atoms with Gasteiger partial charge in [0, 0.05) is 18.3 Å². The number of thiazole rings is 1. The molecule has 0 bridgehead atoms. The molecule has 2 nitrogen and oxygen atoms in total. The molecule has 1 N–H and O–H groups in total. The molecule has 1 unspecified atom stereocenters. The quantitative estimate of drug-likeness (QED) is 0.866. The van der Waals surface area contributed by atoms with Gasteiger partial charge in [-0.15, -0.1) is 11.3 Å². The molecule has 4 heteroatoms. The van der Waals surface area contributed by atoms with Crippen LogP contribution in [0.2, 0.25) is 0 Å². The Balaban J connectivity index is 1.90. The van der Waals surface area contributed by atoms with E-state index in [-0.39, 0.29) is 0 Å². The zero-order valence-corrected chi connectivity index (χ0v) is 11.9. The molecule has 0 saturated carbocycles. The number of benzene rings is 1. The third-order valence-electron chi connectivity index (χ3n) is 2.51. The van der Waals surface area contributed by atoms with Crippen LogP contribution in [0.5, 0.6) is 0 Å². The van der Waals surface area contributed by atoms with Crippen molar-refractivity contribution in [2.24, 2.45) is 0 Å². The highest BCUT2D eigenvalue weighted by Gasteiger charge is 2.05. The Morgan fingerprint density at radius 2 is 2.24 bits per heavy atom. The summed E-state index contributed by atoms with van der Waals surface area (Å²) < 4.78 is 1.28. The molecule has 1 heterocycles. The van der Waals surface area contributed by atoms with Gasteiger partial charge in [-0.25, -0.2) is 4.98 Å². The summed E-state index contributed by atoms with van der Waals surface area (Å²) in [7, 11) is 0. The van der Waals surface area contributed by atoms with E-state index in [1.165, 1.54) is 21.2 Å². The maximum Gasteiger partial charge on any atom is 0.108 e. The average molecular weight is 266 g/mol. The van der Waals surface area contributed by atoms with E-state index in [1.807, 2.05) is 17.8 Å². The van der Waals surface area contributed by atoms with Crippen molar-refractivity contribution in [2.75, 3.05) is 11.5 Å². The molecule has 0 saturated heterocycles. The molecule has 2 aromatic rings. The monoisotopic (exact) mass is 266 g/mol. The SMILES string of the molecule is CCSCC(C)NCc1nc2ccccc2s1. The summed E-state index contributed by atoms with van der Waals surface area (Å²) in [6.45, 7) is 5.31. The summed E-state index contributed by atoms with van der Waals surface area (Å²) in [6, 6.07) is 8.86. The van der Waals surface area contributed by atoms with Gasteiger partial charge in [0.15, 0.2) is 0 Å². The fourth-order valence-electron chi connectivity index (χ4n) is 1.61. The van der Waals surface area contributed by atoms with E-state index in [0.29, 0.717) is 6.04 Å². The van der Waals surface area contributed by atoms with Gasteiger partial charge < -0.3 is 5.32 Å².